The fourth-order valence-electron chi connectivity index (χ4n) is 2.34. The summed E-state index contributed by atoms with van der Waals surface area (Å²) in [6.45, 7) is 2.48. The highest BCUT2D eigenvalue weighted by molar-refractivity contribution is 14.1. The Morgan fingerprint density at radius 2 is 2.00 bits per heavy atom. The molecule has 1 N–H and O–H groups in total. The van der Waals surface area contributed by atoms with Crippen LogP contribution in [0.15, 0.2) is 18.2 Å². The molecule has 7 heteroatoms. The van der Waals surface area contributed by atoms with Crippen molar-refractivity contribution < 1.29 is 14.7 Å². The van der Waals surface area contributed by atoms with Crippen LogP contribution in [0.4, 0.5) is 0 Å². The second kappa shape index (κ2) is 7.42. The van der Waals surface area contributed by atoms with Gasteiger partial charge in [-0.05, 0) is 47.2 Å². The molecular weight excluding hydrogens is 407 g/mol. The lowest BCUT2D eigenvalue weighted by Crippen LogP contribution is -2.36. The van der Waals surface area contributed by atoms with Crippen molar-refractivity contribution in [2.45, 2.75) is 6.42 Å². The molecule has 0 radical (unpaired) electrons. The van der Waals surface area contributed by atoms with Gasteiger partial charge in [-0.25, -0.2) is 0 Å². The highest BCUT2D eigenvalue weighted by Gasteiger charge is 2.21. The van der Waals surface area contributed by atoms with Gasteiger partial charge in [-0.3, -0.25) is 14.5 Å². The fraction of sp³-hybridized carbons (Fsp3) is 0.429. The van der Waals surface area contributed by atoms with Gasteiger partial charge in [-0.15, -0.1) is 0 Å². The van der Waals surface area contributed by atoms with Crippen LogP contribution in [0.5, 0.6) is 0 Å². The Bertz CT molecular complexity index is 553. The molecular formula is C14H16ClIN2O3. The third kappa shape index (κ3) is 4.55. The Labute approximate surface area is 142 Å². The smallest absolute Gasteiger partial charge is 0.317 e. The summed E-state index contributed by atoms with van der Waals surface area (Å²) >= 11 is 8.18. The third-order valence-electron chi connectivity index (χ3n) is 3.40. The van der Waals surface area contributed by atoms with Crippen LogP contribution in [0.3, 0.4) is 0 Å². The van der Waals surface area contributed by atoms with E-state index in [1.165, 1.54) is 0 Å². The molecule has 1 aromatic carbocycles. The predicted molar refractivity (Wildman–Crippen MR) is 88.8 cm³/mol. The summed E-state index contributed by atoms with van der Waals surface area (Å²) in [6.07, 6.45) is 0.775. The highest BCUT2D eigenvalue weighted by atomic mass is 127. The van der Waals surface area contributed by atoms with Gasteiger partial charge in [-0.1, -0.05) is 11.6 Å². The number of aliphatic carboxylic acids is 1. The van der Waals surface area contributed by atoms with Gasteiger partial charge in [-0.2, -0.15) is 0 Å². The van der Waals surface area contributed by atoms with Crippen molar-refractivity contribution in [3.8, 4) is 0 Å². The number of amides is 1. The number of carboxylic acid groups (broad SMARTS) is 1. The summed E-state index contributed by atoms with van der Waals surface area (Å²) in [6, 6.07) is 5.28. The van der Waals surface area contributed by atoms with E-state index < -0.39 is 5.97 Å². The van der Waals surface area contributed by atoms with Crippen LogP contribution in [-0.2, 0) is 4.79 Å². The van der Waals surface area contributed by atoms with E-state index in [2.05, 4.69) is 22.6 Å². The Kier molecular flexibility index (Phi) is 5.83. The summed E-state index contributed by atoms with van der Waals surface area (Å²) in [5, 5.41) is 9.40. The van der Waals surface area contributed by atoms with Crippen LogP contribution >= 0.6 is 34.2 Å². The zero-order valence-corrected chi connectivity index (χ0v) is 14.3. The molecule has 0 saturated carbocycles. The van der Waals surface area contributed by atoms with Gasteiger partial charge in [0.2, 0.25) is 0 Å². The molecule has 114 valence electrons. The number of hydrogen-bond acceptors (Lipinski definition) is 3. The molecule has 1 amide bonds. The lowest BCUT2D eigenvalue weighted by Gasteiger charge is -2.21. The molecule has 2 rings (SSSR count). The van der Waals surface area contributed by atoms with Crippen LogP contribution in [0, 0.1) is 3.57 Å². The second-order valence-electron chi connectivity index (χ2n) is 4.94. The minimum atomic E-state index is -0.834. The van der Waals surface area contributed by atoms with Crippen molar-refractivity contribution in [1.29, 1.82) is 0 Å². The van der Waals surface area contributed by atoms with Crippen molar-refractivity contribution in [3.63, 3.8) is 0 Å². The van der Waals surface area contributed by atoms with Crippen LogP contribution < -0.4 is 0 Å². The summed E-state index contributed by atoms with van der Waals surface area (Å²) in [5.74, 6) is -0.885. The quantitative estimate of drug-likeness (QED) is 0.759. The number of benzene rings is 1. The number of hydrogen-bond donors (Lipinski definition) is 1. The molecule has 1 heterocycles. The Morgan fingerprint density at radius 1 is 1.24 bits per heavy atom. The summed E-state index contributed by atoms with van der Waals surface area (Å²) in [5.41, 5.74) is 0.576. The maximum Gasteiger partial charge on any atom is 0.317 e. The first kappa shape index (κ1) is 16.5. The van der Waals surface area contributed by atoms with E-state index in [4.69, 9.17) is 16.7 Å². The first-order valence-electron chi connectivity index (χ1n) is 6.66. The number of carbonyl (C=O) groups is 2. The SMILES string of the molecule is O=C(O)CN1CCCN(C(=O)c2ccc(I)c(Cl)c2)CC1. The van der Waals surface area contributed by atoms with Gasteiger partial charge in [0.05, 0.1) is 11.6 Å². The summed E-state index contributed by atoms with van der Waals surface area (Å²) in [7, 11) is 0. The molecule has 1 fully saturated rings. The molecule has 1 aliphatic rings. The van der Waals surface area contributed by atoms with E-state index in [0.29, 0.717) is 36.8 Å². The van der Waals surface area contributed by atoms with Crippen molar-refractivity contribution >= 4 is 46.1 Å². The molecule has 1 aliphatic heterocycles. The molecule has 0 aromatic heterocycles. The van der Waals surface area contributed by atoms with Gasteiger partial charge in [0.1, 0.15) is 0 Å². The van der Waals surface area contributed by atoms with Crippen LogP contribution in [0.25, 0.3) is 0 Å². The molecule has 0 aliphatic carbocycles. The van der Waals surface area contributed by atoms with Crippen LogP contribution in [0.1, 0.15) is 16.8 Å². The number of carboxylic acids is 1. The normalized spacial score (nSPS) is 16.6. The molecule has 0 unspecified atom stereocenters. The van der Waals surface area contributed by atoms with Crippen molar-refractivity contribution in [2.75, 3.05) is 32.7 Å². The number of nitrogens with zero attached hydrogens (tertiary/aromatic N) is 2. The van der Waals surface area contributed by atoms with E-state index in [1.807, 2.05) is 11.0 Å². The molecule has 0 spiro atoms. The molecule has 1 saturated heterocycles. The Hall–Kier alpha value is -0.860. The average Bonchev–Trinajstić information content (AvgIpc) is 2.66. The maximum absolute atomic E-state index is 12.5. The van der Waals surface area contributed by atoms with Crippen molar-refractivity contribution in [1.82, 2.24) is 9.80 Å². The Balaban J connectivity index is 2.02. The van der Waals surface area contributed by atoms with Gasteiger partial charge in [0, 0.05) is 35.3 Å². The molecule has 5 nitrogen and oxygen atoms in total. The van der Waals surface area contributed by atoms with E-state index >= 15 is 0 Å². The van der Waals surface area contributed by atoms with E-state index in [1.54, 1.807) is 17.0 Å². The summed E-state index contributed by atoms with van der Waals surface area (Å²) < 4.78 is 0.911. The highest BCUT2D eigenvalue weighted by Crippen LogP contribution is 2.20. The first-order chi connectivity index (χ1) is 9.97. The van der Waals surface area contributed by atoms with Crippen LogP contribution in [-0.4, -0.2) is 59.5 Å². The van der Waals surface area contributed by atoms with Gasteiger partial charge in [0.25, 0.3) is 5.91 Å². The standard InChI is InChI=1S/C14H16ClIN2O3/c15-11-8-10(2-3-12(11)16)14(21)18-5-1-4-17(6-7-18)9-13(19)20/h2-3,8H,1,4-7,9H2,(H,19,20). The fourth-order valence-corrected chi connectivity index (χ4v) is 2.85. The zero-order chi connectivity index (χ0) is 15.4. The number of rotatable bonds is 3. The number of carbonyl (C=O) groups excluding carboxylic acids is 1. The molecule has 21 heavy (non-hydrogen) atoms. The lowest BCUT2D eigenvalue weighted by atomic mass is 10.2. The summed E-state index contributed by atoms with van der Waals surface area (Å²) in [4.78, 5) is 26.8. The van der Waals surface area contributed by atoms with E-state index in [9.17, 15) is 9.59 Å². The van der Waals surface area contributed by atoms with E-state index in [0.717, 1.165) is 9.99 Å². The van der Waals surface area contributed by atoms with Gasteiger partial charge in [0.15, 0.2) is 0 Å². The first-order valence-corrected chi connectivity index (χ1v) is 8.11. The van der Waals surface area contributed by atoms with E-state index in [-0.39, 0.29) is 12.5 Å². The maximum atomic E-state index is 12.5. The van der Waals surface area contributed by atoms with Crippen molar-refractivity contribution in [3.05, 3.63) is 32.4 Å². The molecule has 0 bridgehead atoms. The molecule has 0 atom stereocenters. The van der Waals surface area contributed by atoms with Crippen molar-refractivity contribution in [2.24, 2.45) is 0 Å². The third-order valence-corrected chi connectivity index (χ3v) is 4.97. The monoisotopic (exact) mass is 422 g/mol. The Morgan fingerprint density at radius 3 is 2.67 bits per heavy atom. The largest absolute Gasteiger partial charge is 0.480 e. The minimum Gasteiger partial charge on any atom is -0.480 e. The van der Waals surface area contributed by atoms with Gasteiger partial charge < -0.3 is 10.0 Å². The second-order valence-corrected chi connectivity index (χ2v) is 6.51. The average molecular weight is 423 g/mol. The number of halogens is 2. The zero-order valence-electron chi connectivity index (χ0n) is 11.4. The lowest BCUT2D eigenvalue weighted by molar-refractivity contribution is -0.138. The van der Waals surface area contributed by atoms with Gasteiger partial charge >= 0.3 is 5.97 Å². The molecule has 1 aromatic rings. The topological polar surface area (TPSA) is 60.9 Å². The predicted octanol–water partition coefficient (Wildman–Crippen LogP) is 2.18. The van der Waals surface area contributed by atoms with Crippen LogP contribution in [0.2, 0.25) is 5.02 Å². The minimum absolute atomic E-state index is 0.0252.